The van der Waals surface area contributed by atoms with E-state index in [1.54, 1.807) is 0 Å². The lowest BCUT2D eigenvalue weighted by atomic mass is 9.95. The summed E-state index contributed by atoms with van der Waals surface area (Å²) in [7, 11) is 0. The molecule has 1 aliphatic rings. The first kappa shape index (κ1) is 15.6. The van der Waals surface area contributed by atoms with Crippen LogP contribution in [-0.4, -0.2) is 4.98 Å². The minimum Gasteiger partial charge on any atom is -0.355 e. The van der Waals surface area contributed by atoms with Crippen LogP contribution < -0.4 is 5.32 Å². The van der Waals surface area contributed by atoms with Gasteiger partial charge in [0.25, 0.3) is 0 Å². The molecule has 4 aromatic rings. The molecule has 3 aromatic carbocycles. The number of hydrogen-bond donors (Lipinski definition) is 1. The first-order valence-corrected chi connectivity index (χ1v) is 9.07. The summed E-state index contributed by atoms with van der Waals surface area (Å²) < 4.78 is 0. The fraction of sp³-hybridized carbons (Fsp3) is 0. The number of benzene rings is 3. The lowest BCUT2D eigenvalue weighted by Gasteiger charge is -2.14. The smallest absolute Gasteiger partial charge is 0.0702 e. The lowest BCUT2D eigenvalue weighted by molar-refractivity contribution is 1.33. The molecule has 1 aliphatic heterocycles. The van der Waals surface area contributed by atoms with Gasteiger partial charge in [-0.05, 0) is 47.0 Å². The molecule has 27 heavy (non-hydrogen) atoms. The van der Waals surface area contributed by atoms with Crippen LogP contribution in [0.4, 0.5) is 11.4 Å². The maximum Gasteiger partial charge on any atom is 0.0702 e. The Kier molecular flexibility index (Phi) is 3.80. The van der Waals surface area contributed by atoms with E-state index in [-0.39, 0.29) is 0 Å². The highest BCUT2D eigenvalue weighted by Gasteiger charge is 2.13. The highest BCUT2D eigenvalue weighted by molar-refractivity contribution is 5.93. The number of pyridine rings is 1. The van der Waals surface area contributed by atoms with Crippen LogP contribution in [-0.2, 0) is 0 Å². The SMILES string of the molecule is C1=Cc2c(cccc2-c2cccc(-c3ccccn3)c2)Nc2ccccc21. The molecule has 0 aliphatic carbocycles. The number of nitrogens with zero attached hydrogens (tertiary/aromatic N) is 1. The molecule has 0 radical (unpaired) electrons. The molecule has 2 heteroatoms. The first-order valence-electron chi connectivity index (χ1n) is 9.07. The van der Waals surface area contributed by atoms with Crippen LogP contribution in [0.5, 0.6) is 0 Å². The van der Waals surface area contributed by atoms with Gasteiger partial charge in [0.1, 0.15) is 0 Å². The molecule has 5 rings (SSSR count). The molecular formula is C25H18N2. The monoisotopic (exact) mass is 346 g/mol. The van der Waals surface area contributed by atoms with Crippen molar-refractivity contribution in [2.45, 2.75) is 0 Å². The van der Waals surface area contributed by atoms with Crippen LogP contribution in [0.15, 0.2) is 91.1 Å². The zero-order valence-corrected chi connectivity index (χ0v) is 14.8. The van der Waals surface area contributed by atoms with E-state index in [0.717, 1.165) is 22.6 Å². The molecule has 0 unspecified atom stereocenters. The van der Waals surface area contributed by atoms with Crippen molar-refractivity contribution >= 4 is 23.5 Å². The molecule has 0 saturated carbocycles. The third kappa shape index (κ3) is 2.91. The minimum absolute atomic E-state index is 0.988. The van der Waals surface area contributed by atoms with Crippen LogP contribution in [0.3, 0.4) is 0 Å². The summed E-state index contributed by atoms with van der Waals surface area (Å²) in [5.41, 5.74) is 9.16. The van der Waals surface area contributed by atoms with E-state index in [1.807, 2.05) is 24.4 Å². The Hall–Kier alpha value is -3.65. The van der Waals surface area contributed by atoms with Crippen molar-refractivity contribution < 1.29 is 0 Å². The zero-order chi connectivity index (χ0) is 18.1. The second-order valence-electron chi connectivity index (χ2n) is 6.61. The van der Waals surface area contributed by atoms with Gasteiger partial charge in [-0.1, -0.05) is 66.7 Å². The normalized spacial score (nSPS) is 11.9. The van der Waals surface area contributed by atoms with E-state index >= 15 is 0 Å². The topological polar surface area (TPSA) is 24.9 Å². The van der Waals surface area contributed by atoms with Gasteiger partial charge in [0.05, 0.1) is 5.69 Å². The third-order valence-electron chi connectivity index (χ3n) is 4.90. The van der Waals surface area contributed by atoms with E-state index in [1.165, 1.54) is 22.3 Å². The molecule has 0 saturated heterocycles. The lowest BCUT2D eigenvalue weighted by Crippen LogP contribution is -1.94. The summed E-state index contributed by atoms with van der Waals surface area (Å²) in [4.78, 5) is 4.49. The van der Waals surface area contributed by atoms with E-state index < -0.39 is 0 Å². The molecule has 0 atom stereocenters. The summed E-state index contributed by atoms with van der Waals surface area (Å²) in [6.45, 7) is 0. The Morgan fingerprint density at radius 2 is 1.44 bits per heavy atom. The molecule has 1 N–H and O–H groups in total. The highest BCUT2D eigenvalue weighted by Crippen LogP contribution is 2.37. The molecule has 0 amide bonds. The Morgan fingerprint density at radius 1 is 0.630 bits per heavy atom. The second kappa shape index (κ2) is 6.58. The maximum absolute atomic E-state index is 4.49. The standard InChI is InChI=1S/C25H18N2/c1-2-12-24-18(7-1)14-15-22-21(10-6-13-25(22)27-24)19-8-5-9-20(17-19)23-11-3-4-16-26-23/h1-17,27H. The Labute approximate surface area is 158 Å². The van der Waals surface area contributed by atoms with E-state index in [4.69, 9.17) is 0 Å². The summed E-state index contributed by atoms with van der Waals surface area (Å²) in [6, 6.07) is 29.4. The quantitative estimate of drug-likeness (QED) is 0.387. The second-order valence-corrected chi connectivity index (χ2v) is 6.61. The average Bonchev–Trinajstić information content (AvgIpc) is 2.93. The van der Waals surface area contributed by atoms with Crippen molar-refractivity contribution in [2.24, 2.45) is 0 Å². The summed E-state index contributed by atoms with van der Waals surface area (Å²) in [6.07, 6.45) is 6.22. The van der Waals surface area contributed by atoms with Gasteiger partial charge in [0.2, 0.25) is 0 Å². The number of anilines is 2. The van der Waals surface area contributed by atoms with Crippen molar-refractivity contribution in [1.82, 2.24) is 4.98 Å². The van der Waals surface area contributed by atoms with E-state index in [0.29, 0.717) is 0 Å². The minimum atomic E-state index is 0.988. The molecule has 1 aromatic heterocycles. The number of hydrogen-bond acceptors (Lipinski definition) is 2. The van der Waals surface area contributed by atoms with Crippen molar-refractivity contribution in [3.8, 4) is 22.4 Å². The summed E-state index contributed by atoms with van der Waals surface area (Å²) in [5.74, 6) is 0. The number of nitrogens with one attached hydrogen (secondary N) is 1. The van der Waals surface area contributed by atoms with Gasteiger partial charge in [0.15, 0.2) is 0 Å². The third-order valence-corrected chi connectivity index (χ3v) is 4.90. The average molecular weight is 346 g/mol. The van der Waals surface area contributed by atoms with Crippen LogP contribution in [0.2, 0.25) is 0 Å². The van der Waals surface area contributed by atoms with E-state index in [9.17, 15) is 0 Å². The van der Waals surface area contributed by atoms with Crippen LogP contribution >= 0.6 is 0 Å². The van der Waals surface area contributed by atoms with Gasteiger partial charge in [-0.15, -0.1) is 0 Å². The summed E-state index contributed by atoms with van der Waals surface area (Å²) in [5, 5.41) is 3.58. The fourth-order valence-electron chi connectivity index (χ4n) is 3.56. The van der Waals surface area contributed by atoms with Crippen molar-refractivity contribution in [3.63, 3.8) is 0 Å². The Morgan fingerprint density at radius 3 is 2.37 bits per heavy atom. The maximum atomic E-state index is 4.49. The van der Waals surface area contributed by atoms with Crippen molar-refractivity contribution in [3.05, 3.63) is 102 Å². The molecule has 128 valence electrons. The fourth-order valence-corrected chi connectivity index (χ4v) is 3.56. The van der Waals surface area contributed by atoms with Crippen molar-refractivity contribution in [2.75, 3.05) is 5.32 Å². The Bertz CT molecular complexity index is 1140. The molecule has 0 bridgehead atoms. The molecule has 0 spiro atoms. The summed E-state index contributed by atoms with van der Waals surface area (Å²) >= 11 is 0. The van der Waals surface area contributed by atoms with Gasteiger partial charge in [-0.2, -0.15) is 0 Å². The van der Waals surface area contributed by atoms with Gasteiger partial charge in [0, 0.05) is 28.7 Å². The van der Waals surface area contributed by atoms with Crippen molar-refractivity contribution in [1.29, 1.82) is 0 Å². The van der Waals surface area contributed by atoms with Crippen LogP contribution in [0.25, 0.3) is 34.5 Å². The largest absolute Gasteiger partial charge is 0.355 e. The first-order chi connectivity index (χ1) is 13.4. The number of fused-ring (bicyclic) bond motifs is 2. The van der Waals surface area contributed by atoms with E-state index in [2.05, 4.69) is 89.2 Å². The Balaban J connectivity index is 1.63. The predicted molar refractivity (Wildman–Crippen MR) is 114 cm³/mol. The van der Waals surface area contributed by atoms with Gasteiger partial charge < -0.3 is 5.32 Å². The number of para-hydroxylation sites is 1. The number of rotatable bonds is 2. The van der Waals surface area contributed by atoms with Crippen LogP contribution in [0, 0.1) is 0 Å². The van der Waals surface area contributed by atoms with Crippen LogP contribution in [0.1, 0.15) is 11.1 Å². The van der Waals surface area contributed by atoms with Gasteiger partial charge in [-0.25, -0.2) is 0 Å². The zero-order valence-electron chi connectivity index (χ0n) is 14.8. The predicted octanol–water partition coefficient (Wildman–Crippen LogP) is 6.64. The molecular weight excluding hydrogens is 328 g/mol. The highest BCUT2D eigenvalue weighted by atomic mass is 14.9. The number of aromatic nitrogens is 1. The van der Waals surface area contributed by atoms with Gasteiger partial charge >= 0.3 is 0 Å². The molecule has 2 heterocycles. The van der Waals surface area contributed by atoms with Gasteiger partial charge in [-0.3, -0.25) is 4.98 Å². The molecule has 0 fully saturated rings. The molecule has 2 nitrogen and oxygen atoms in total.